The van der Waals surface area contributed by atoms with Gasteiger partial charge in [-0.2, -0.15) is 0 Å². The molecule has 0 saturated carbocycles. The quantitative estimate of drug-likeness (QED) is 0.819. The molecule has 1 fully saturated rings. The van der Waals surface area contributed by atoms with Crippen molar-refractivity contribution in [3.63, 3.8) is 0 Å². The predicted molar refractivity (Wildman–Crippen MR) is 90.5 cm³/mol. The van der Waals surface area contributed by atoms with Gasteiger partial charge in [-0.25, -0.2) is 4.79 Å². The van der Waals surface area contributed by atoms with Gasteiger partial charge in [-0.3, -0.25) is 4.90 Å². The third kappa shape index (κ3) is 6.04. The molecule has 0 aliphatic carbocycles. The predicted octanol–water partition coefficient (Wildman–Crippen LogP) is 2.52. The Morgan fingerprint density at radius 1 is 1.26 bits per heavy atom. The van der Waals surface area contributed by atoms with Gasteiger partial charge in [-0.15, -0.1) is 6.58 Å². The van der Waals surface area contributed by atoms with E-state index in [0.29, 0.717) is 25.4 Å². The van der Waals surface area contributed by atoms with Gasteiger partial charge >= 0.3 is 6.09 Å². The van der Waals surface area contributed by atoms with Crippen LogP contribution in [0.2, 0.25) is 0 Å². The van der Waals surface area contributed by atoms with Gasteiger partial charge in [0.25, 0.3) is 0 Å². The van der Waals surface area contributed by atoms with Crippen LogP contribution in [0.1, 0.15) is 19.3 Å². The van der Waals surface area contributed by atoms with Crippen LogP contribution in [-0.4, -0.2) is 59.8 Å². The van der Waals surface area contributed by atoms with Crippen LogP contribution in [0.3, 0.4) is 0 Å². The number of rotatable bonds is 6. The number of ether oxygens (including phenoxy) is 1. The number of para-hydroxylation sites is 1. The largest absolute Gasteiger partial charge is 0.415 e. The fourth-order valence-electron chi connectivity index (χ4n) is 2.69. The van der Waals surface area contributed by atoms with E-state index in [1.807, 2.05) is 24.3 Å². The van der Waals surface area contributed by atoms with Crippen LogP contribution in [0.25, 0.3) is 0 Å². The number of aliphatic hydroxyl groups excluding tert-OH is 1. The van der Waals surface area contributed by atoms with E-state index >= 15 is 0 Å². The fraction of sp³-hybridized carbons (Fsp3) is 0.500. The van der Waals surface area contributed by atoms with E-state index in [4.69, 9.17) is 4.74 Å². The maximum absolute atomic E-state index is 12.2. The first-order chi connectivity index (χ1) is 11.2. The number of β-amino-alcohol motifs (C(OH)–C–C–N with tert-alkyl or cyclic N) is 1. The van der Waals surface area contributed by atoms with Gasteiger partial charge in [-0.1, -0.05) is 24.3 Å². The van der Waals surface area contributed by atoms with Gasteiger partial charge in [0.15, 0.2) is 0 Å². The Morgan fingerprint density at radius 3 is 2.78 bits per heavy atom. The highest BCUT2D eigenvalue weighted by Gasteiger charge is 2.21. The average molecular weight is 318 g/mol. The van der Waals surface area contributed by atoms with Crippen molar-refractivity contribution < 1.29 is 14.6 Å². The van der Waals surface area contributed by atoms with Crippen LogP contribution < -0.4 is 4.74 Å². The molecule has 1 N–H and O–H groups in total. The molecule has 0 radical (unpaired) electrons. The van der Waals surface area contributed by atoms with Crippen molar-refractivity contribution in [2.24, 2.45) is 0 Å². The molecular formula is C18H26N2O3. The average Bonchev–Trinajstić information content (AvgIpc) is 2.79. The van der Waals surface area contributed by atoms with Crippen LogP contribution in [0, 0.1) is 0 Å². The summed E-state index contributed by atoms with van der Waals surface area (Å²) in [6, 6.07) is 9.13. The second-order valence-corrected chi connectivity index (χ2v) is 5.84. The highest BCUT2D eigenvalue weighted by atomic mass is 16.6. The molecule has 5 nitrogen and oxygen atoms in total. The Hall–Kier alpha value is -1.85. The van der Waals surface area contributed by atoms with Crippen LogP contribution >= 0.6 is 0 Å². The number of aliphatic hydroxyl groups is 1. The number of allylic oxidation sites excluding steroid dienone is 1. The van der Waals surface area contributed by atoms with E-state index in [9.17, 15) is 9.90 Å². The molecule has 1 amide bonds. The van der Waals surface area contributed by atoms with Crippen molar-refractivity contribution in [2.75, 3.05) is 32.7 Å². The zero-order chi connectivity index (χ0) is 16.5. The lowest BCUT2D eigenvalue weighted by Gasteiger charge is -2.23. The number of carbonyl (C=O) groups is 1. The van der Waals surface area contributed by atoms with E-state index in [-0.39, 0.29) is 12.2 Å². The van der Waals surface area contributed by atoms with Gasteiger partial charge in [0.2, 0.25) is 0 Å². The molecule has 1 aromatic rings. The maximum atomic E-state index is 12.2. The van der Waals surface area contributed by atoms with E-state index in [0.717, 1.165) is 32.4 Å². The minimum Gasteiger partial charge on any atom is -0.410 e. The Kier molecular flexibility index (Phi) is 7.10. The van der Waals surface area contributed by atoms with E-state index < -0.39 is 0 Å². The molecule has 1 heterocycles. The summed E-state index contributed by atoms with van der Waals surface area (Å²) in [4.78, 5) is 16.2. The third-order valence-electron chi connectivity index (χ3n) is 3.97. The molecular weight excluding hydrogens is 292 g/mol. The number of amides is 1. The molecule has 1 aliphatic rings. The number of hydrogen-bond acceptors (Lipinski definition) is 4. The molecule has 23 heavy (non-hydrogen) atoms. The van der Waals surface area contributed by atoms with E-state index in [1.165, 1.54) is 0 Å². The lowest BCUT2D eigenvalue weighted by molar-refractivity contribution is 0.107. The second-order valence-electron chi connectivity index (χ2n) is 5.84. The smallest absolute Gasteiger partial charge is 0.410 e. The highest BCUT2D eigenvalue weighted by Crippen LogP contribution is 2.12. The molecule has 1 atom stereocenters. The molecule has 1 saturated heterocycles. The lowest BCUT2D eigenvalue weighted by Crippen LogP contribution is -2.38. The van der Waals surface area contributed by atoms with Crippen LogP contribution in [0.5, 0.6) is 5.75 Å². The van der Waals surface area contributed by atoms with Crippen molar-refractivity contribution in [3.05, 3.63) is 43.0 Å². The minimum absolute atomic E-state index is 0.301. The van der Waals surface area contributed by atoms with Crippen LogP contribution in [0.15, 0.2) is 43.0 Å². The number of carbonyl (C=O) groups excluding carboxylic acids is 1. The summed E-state index contributed by atoms with van der Waals surface area (Å²) in [5.41, 5.74) is 0. The van der Waals surface area contributed by atoms with Gasteiger partial charge in [0, 0.05) is 26.2 Å². The summed E-state index contributed by atoms with van der Waals surface area (Å²) in [5, 5.41) is 10.00. The van der Waals surface area contributed by atoms with Crippen molar-refractivity contribution in [2.45, 2.75) is 25.4 Å². The molecule has 1 aliphatic heterocycles. The van der Waals surface area contributed by atoms with Crippen LogP contribution in [0.4, 0.5) is 4.79 Å². The summed E-state index contributed by atoms with van der Waals surface area (Å²) in [5.74, 6) is 0.568. The zero-order valence-electron chi connectivity index (χ0n) is 13.6. The number of nitrogens with zero attached hydrogens (tertiary/aromatic N) is 2. The van der Waals surface area contributed by atoms with E-state index in [1.54, 1.807) is 17.0 Å². The van der Waals surface area contributed by atoms with E-state index in [2.05, 4.69) is 11.5 Å². The summed E-state index contributed by atoms with van der Waals surface area (Å²) in [6.07, 6.45) is 3.64. The van der Waals surface area contributed by atoms with Crippen molar-refractivity contribution in [1.29, 1.82) is 0 Å². The van der Waals surface area contributed by atoms with Gasteiger partial charge in [0.05, 0.1) is 6.10 Å². The van der Waals surface area contributed by atoms with Gasteiger partial charge < -0.3 is 14.7 Å². The lowest BCUT2D eigenvalue weighted by atomic mass is 10.2. The SMILES string of the molecule is C=CCCC(O)CN1CCCN(C(=O)Oc2ccccc2)CC1. The summed E-state index contributed by atoms with van der Waals surface area (Å²) in [6.45, 7) is 7.28. The van der Waals surface area contributed by atoms with Gasteiger partial charge in [-0.05, 0) is 37.9 Å². The molecule has 126 valence electrons. The fourth-order valence-corrected chi connectivity index (χ4v) is 2.69. The number of hydrogen-bond donors (Lipinski definition) is 1. The van der Waals surface area contributed by atoms with Crippen molar-refractivity contribution in [1.82, 2.24) is 9.80 Å². The van der Waals surface area contributed by atoms with Gasteiger partial charge in [0.1, 0.15) is 5.75 Å². The van der Waals surface area contributed by atoms with Crippen LogP contribution in [-0.2, 0) is 0 Å². The Bertz CT molecular complexity index is 492. The maximum Gasteiger partial charge on any atom is 0.415 e. The topological polar surface area (TPSA) is 53.0 Å². The van der Waals surface area contributed by atoms with Crippen molar-refractivity contribution >= 4 is 6.09 Å². The summed E-state index contributed by atoms with van der Waals surface area (Å²) < 4.78 is 5.39. The molecule has 0 aromatic heterocycles. The monoisotopic (exact) mass is 318 g/mol. The molecule has 0 bridgehead atoms. The first kappa shape index (κ1) is 17.5. The molecule has 2 rings (SSSR count). The molecule has 1 aromatic carbocycles. The molecule has 1 unspecified atom stereocenters. The third-order valence-corrected chi connectivity index (χ3v) is 3.97. The normalized spacial score (nSPS) is 17.3. The first-order valence-corrected chi connectivity index (χ1v) is 8.22. The Balaban J connectivity index is 1.78. The zero-order valence-corrected chi connectivity index (χ0v) is 13.6. The number of benzene rings is 1. The molecule has 0 spiro atoms. The first-order valence-electron chi connectivity index (χ1n) is 8.22. The molecule has 5 heteroatoms. The van der Waals surface area contributed by atoms with Crippen molar-refractivity contribution in [3.8, 4) is 5.75 Å². The standard InChI is InChI=1S/C18H26N2O3/c1-2-3-8-16(21)15-19-11-7-12-20(14-13-19)18(22)23-17-9-5-4-6-10-17/h2,4-6,9-10,16,21H,1,3,7-8,11-15H2. The Morgan fingerprint density at radius 2 is 2.04 bits per heavy atom. The summed E-state index contributed by atoms with van der Waals surface area (Å²) >= 11 is 0. The highest BCUT2D eigenvalue weighted by molar-refractivity contribution is 5.70. The second kappa shape index (κ2) is 9.33. The summed E-state index contributed by atoms with van der Waals surface area (Å²) in [7, 11) is 0. The minimum atomic E-state index is -0.337. The Labute approximate surface area is 138 Å².